The van der Waals surface area contributed by atoms with Crippen LogP contribution in [0, 0.1) is 0 Å². The maximum atomic E-state index is 12.2. The Balaban J connectivity index is 2.02. The molecule has 100 valence electrons. The molecular weight excluding hydrogens is 250 g/mol. The first-order chi connectivity index (χ1) is 8.59. The monoisotopic (exact) mass is 269 g/mol. The summed E-state index contributed by atoms with van der Waals surface area (Å²) in [5.41, 5.74) is 1.18. The first kappa shape index (κ1) is 13.5. The molecule has 1 saturated heterocycles. The van der Waals surface area contributed by atoms with Gasteiger partial charge in [0.2, 0.25) is 5.91 Å². The molecule has 1 aliphatic heterocycles. The Kier molecular flexibility index (Phi) is 4.32. The molecule has 1 heterocycles. The number of aliphatic carboxylic acids is 1. The van der Waals surface area contributed by atoms with Crippen LogP contribution >= 0.6 is 11.8 Å². The van der Waals surface area contributed by atoms with Crippen molar-refractivity contribution in [1.29, 1.82) is 0 Å². The van der Waals surface area contributed by atoms with Gasteiger partial charge >= 0.3 is 5.97 Å². The van der Waals surface area contributed by atoms with Gasteiger partial charge < -0.3 is 10.0 Å². The summed E-state index contributed by atoms with van der Waals surface area (Å²) in [6, 6.07) is -0.651. The Labute approximate surface area is 111 Å². The minimum Gasteiger partial charge on any atom is -0.480 e. The molecular formula is C13H19NO3S. The molecule has 5 heteroatoms. The Bertz CT molecular complexity index is 380. The summed E-state index contributed by atoms with van der Waals surface area (Å²) < 4.78 is 0. The molecule has 2 atom stereocenters. The van der Waals surface area contributed by atoms with Gasteiger partial charge in [0.1, 0.15) is 6.04 Å². The maximum absolute atomic E-state index is 12.2. The van der Waals surface area contributed by atoms with E-state index in [1.807, 2.05) is 6.92 Å². The molecule has 4 nitrogen and oxygen atoms in total. The van der Waals surface area contributed by atoms with E-state index in [-0.39, 0.29) is 11.3 Å². The third kappa shape index (κ3) is 2.88. The largest absolute Gasteiger partial charge is 0.480 e. The van der Waals surface area contributed by atoms with Crippen LogP contribution in [0.1, 0.15) is 39.0 Å². The molecule has 0 bridgehead atoms. The van der Waals surface area contributed by atoms with Crippen LogP contribution in [0.15, 0.2) is 11.6 Å². The van der Waals surface area contributed by atoms with Crippen molar-refractivity contribution in [1.82, 2.24) is 4.90 Å². The fraction of sp³-hybridized carbons (Fsp3) is 0.692. The summed E-state index contributed by atoms with van der Waals surface area (Å²) >= 11 is 1.54. The lowest BCUT2D eigenvalue weighted by Crippen LogP contribution is -2.44. The number of nitrogens with zero attached hydrogens (tertiary/aromatic N) is 1. The van der Waals surface area contributed by atoms with Gasteiger partial charge in [-0.05, 0) is 32.6 Å². The van der Waals surface area contributed by atoms with Crippen LogP contribution in [0.4, 0.5) is 0 Å². The second-order valence-corrected chi connectivity index (χ2v) is 6.22. The summed E-state index contributed by atoms with van der Waals surface area (Å²) in [6.07, 6.45) is 6.92. The van der Waals surface area contributed by atoms with Gasteiger partial charge in [-0.15, -0.1) is 11.8 Å². The van der Waals surface area contributed by atoms with E-state index >= 15 is 0 Å². The second-order valence-electron chi connectivity index (χ2n) is 4.87. The molecule has 0 radical (unpaired) electrons. The highest BCUT2D eigenvalue weighted by molar-refractivity contribution is 8.00. The molecule has 2 unspecified atom stereocenters. The molecule has 2 rings (SSSR count). The molecule has 1 aliphatic carbocycles. The molecule has 0 aromatic carbocycles. The summed E-state index contributed by atoms with van der Waals surface area (Å²) in [7, 11) is 0. The quantitative estimate of drug-likeness (QED) is 0.798. The first-order valence-corrected chi connectivity index (χ1v) is 7.48. The minimum atomic E-state index is -0.891. The van der Waals surface area contributed by atoms with Crippen molar-refractivity contribution in [3.05, 3.63) is 11.6 Å². The van der Waals surface area contributed by atoms with E-state index in [1.54, 1.807) is 4.90 Å². The van der Waals surface area contributed by atoms with Crippen LogP contribution < -0.4 is 0 Å². The fourth-order valence-electron chi connectivity index (χ4n) is 2.56. The Morgan fingerprint density at radius 1 is 1.50 bits per heavy atom. The Morgan fingerprint density at radius 2 is 2.28 bits per heavy atom. The normalized spacial score (nSPS) is 28.1. The van der Waals surface area contributed by atoms with E-state index < -0.39 is 12.0 Å². The number of carboxylic acid groups (broad SMARTS) is 1. The standard InChI is InChI=1S/C13H19NO3S/c1-9-14(11(8-18-9)13(16)17)12(15)7-10-5-3-2-4-6-10/h5,9,11H,2-4,6-8H2,1H3,(H,16,17). The van der Waals surface area contributed by atoms with Gasteiger partial charge in [0.15, 0.2) is 0 Å². The molecule has 1 fully saturated rings. The summed E-state index contributed by atoms with van der Waals surface area (Å²) in [4.78, 5) is 24.9. The van der Waals surface area contributed by atoms with Gasteiger partial charge in [-0.3, -0.25) is 4.79 Å². The van der Waals surface area contributed by atoms with Gasteiger partial charge in [-0.25, -0.2) is 4.79 Å². The molecule has 0 aromatic rings. The predicted octanol–water partition coefficient (Wildman–Crippen LogP) is 2.25. The summed E-state index contributed by atoms with van der Waals surface area (Å²) in [6.45, 7) is 1.90. The summed E-state index contributed by atoms with van der Waals surface area (Å²) in [5, 5.41) is 9.11. The van der Waals surface area contributed by atoms with Gasteiger partial charge in [-0.2, -0.15) is 0 Å². The number of rotatable bonds is 3. The second kappa shape index (κ2) is 5.78. The van der Waals surface area contributed by atoms with E-state index in [2.05, 4.69) is 6.08 Å². The van der Waals surface area contributed by atoms with Crippen LogP contribution in [-0.2, 0) is 9.59 Å². The smallest absolute Gasteiger partial charge is 0.327 e. The Morgan fingerprint density at radius 3 is 2.89 bits per heavy atom. The average molecular weight is 269 g/mol. The van der Waals surface area contributed by atoms with Gasteiger partial charge in [0.25, 0.3) is 0 Å². The van der Waals surface area contributed by atoms with Crippen molar-refractivity contribution in [3.8, 4) is 0 Å². The van der Waals surface area contributed by atoms with Crippen molar-refractivity contribution in [2.24, 2.45) is 0 Å². The van der Waals surface area contributed by atoms with Crippen LogP contribution in [0.25, 0.3) is 0 Å². The van der Waals surface area contributed by atoms with Crippen molar-refractivity contribution in [2.75, 3.05) is 5.75 Å². The van der Waals surface area contributed by atoms with Gasteiger partial charge in [0.05, 0.1) is 5.37 Å². The van der Waals surface area contributed by atoms with E-state index in [4.69, 9.17) is 5.11 Å². The van der Waals surface area contributed by atoms with E-state index in [9.17, 15) is 9.59 Å². The molecule has 1 N–H and O–H groups in total. The number of allylic oxidation sites excluding steroid dienone is 1. The lowest BCUT2D eigenvalue weighted by atomic mass is 9.96. The number of carbonyl (C=O) groups is 2. The third-order valence-electron chi connectivity index (χ3n) is 3.56. The zero-order valence-corrected chi connectivity index (χ0v) is 11.4. The van der Waals surface area contributed by atoms with Gasteiger partial charge in [0, 0.05) is 12.2 Å². The fourth-order valence-corrected chi connectivity index (χ4v) is 3.75. The number of carboxylic acids is 1. The Hall–Kier alpha value is -0.970. The maximum Gasteiger partial charge on any atom is 0.327 e. The molecule has 0 spiro atoms. The van der Waals surface area contributed by atoms with Crippen molar-refractivity contribution in [3.63, 3.8) is 0 Å². The van der Waals surface area contributed by atoms with Crippen LogP contribution in [0.5, 0.6) is 0 Å². The number of hydrogen-bond acceptors (Lipinski definition) is 3. The third-order valence-corrected chi connectivity index (χ3v) is 4.78. The molecule has 0 saturated carbocycles. The zero-order valence-electron chi connectivity index (χ0n) is 10.6. The van der Waals surface area contributed by atoms with Crippen molar-refractivity contribution >= 4 is 23.6 Å². The highest BCUT2D eigenvalue weighted by Crippen LogP contribution is 2.31. The highest BCUT2D eigenvalue weighted by Gasteiger charge is 2.39. The number of thioether (sulfide) groups is 1. The molecule has 2 aliphatic rings. The zero-order chi connectivity index (χ0) is 13.1. The molecule has 18 heavy (non-hydrogen) atoms. The SMILES string of the molecule is CC1SCC(C(=O)O)N1C(=O)CC1=CCCCC1. The lowest BCUT2D eigenvalue weighted by Gasteiger charge is -2.26. The molecule has 0 aromatic heterocycles. The average Bonchev–Trinajstić information content (AvgIpc) is 2.72. The van der Waals surface area contributed by atoms with E-state index in [1.165, 1.54) is 23.8 Å². The summed E-state index contributed by atoms with van der Waals surface area (Å²) in [5.74, 6) is -0.424. The number of hydrogen-bond donors (Lipinski definition) is 1. The molecule has 1 amide bonds. The lowest BCUT2D eigenvalue weighted by molar-refractivity contribution is -0.148. The van der Waals surface area contributed by atoms with Crippen LogP contribution in [0.2, 0.25) is 0 Å². The number of amides is 1. The first-order valence-electron chi connectivity index (χ1n) is 6.43. The van der Waals surface area contributed by atoms with E-state index in [0.717, 1.165) is 19.3 Å². The topological polar surface area (TPSA) is 57.6 Å². The van der Waals surface area contributed by atoms with Crippen LogP contribution in [-0.4, -0.2) is 39.1 Å². The predicted molar refractivity (Wildman–Crippen MR) is 71.4 cm³/mol. The van der Waals surface area contributed by atoms with E-state index in [0.29, 0.717) is 12.2 Å². The van der Waals surface area contributed by atoms with Crippen LogP contribution in [0.3, 0.4) is 0 Å². The van der Waals surface area contributed by atoms with Crippen molar-refractivity contribution < 1.29 is 14.7 Å². The van der Waals surface area contributed by atoms with Gasteiger partial charge in [-0.1, -0.05) is 11.6 Å². The van der Waals surface area contributed by atoms with Crippen molar-refractivity contribution in [2.45, 2.75) is 50.4 Å². The highest BCUT2D eigenvalue weighted by atomic mass is 32.2. The minimum absolute atomic E-state index is 0.0252. The number of carbonyl (C=O) groups excluding carboxylic acids is 1.